The van der Waals surface area contributed by atoms with Gasteiger partial charge in [0.2, 0.25) is 11.4 Å². The number of hydrogen-bond donors (Lipinski definition) is 0. The van der Waals surface area contributed by atoms with Crippen molar-refractivity contribution in [2.45, 2.75) is 287 Å². The molecule has 0 amide bonds. The van der Waals surface area contributed by atoms with Gasteiger partial charge in [-0.3, -0.25) is 0 Å². The van der Waals surface area contributed by atoms with E-state index in [4.69, 9.17) is 0 Å². The van der Waals surface area contributed by atoms with Gasteiger partial charge >= 0.3 is 0 Å². The molecule has 0 bridgehead atoms. The van der Waals surface area contributed by atoms with Crippen LogP contribution in [0.4, 0.5) is 0 Å². The largest absolute Gasteiger partial charge is 0.493 e. The van der Waals surface area contributed by atoms with Crippen LogP contribution < -0.4 is 0 Å². The quantitative estimate of drug-likeness (QED) is 0.0472. The summed E-state index contributed by atoms with van der Waals surface area (Å²) in [7, 11) is 0. The summed E-state index contributed by atoms with van der Waals surface area (Å²) in [6.07, 6.45) is 51.1. The van der Waals surface area contributed by atoms with Crippen molar-refractivity contribution in [2.24, 2.45) is 0 Å². The Morgan fingerprint density at radius 2 is 0.688 bits per heavy atom. The van der Waals surface area contributed by atoms with Crippen LogP contribution in [0.1, 0.15) is 293 Å². The summed E-state index contributed by atoms with van der Waals surface area (Å²) in [5.41, 5.74) is 28.9. The van der Waals surface area contributed by atoms with Gasteiger partial charge in [0.15, 0.2) is 0 Å². The molecule has 64 heavy (non-hydrogen) atoms. The third-order valence-electron chi connectivity index (χ3n) is 14.1. The predicted molar refractivity (Wildman–Crippen MR) is 286 cm³/mol. The lowest BCUT2D eigenvalue weighted by Crippen LogP contribution is -2.08. The van der Waals surface area contributed by atoms with Crippen LogP contribution in [0.25, 0.3) is 16.9 Å². The van der Waals surface area contributed by atoms with Gasteiger partial charge in [-0.05, 0) is 122 Å². The van der Waals surface area contributed by atoms with Gasteiger partial charge < -0.3 is 5.53 Å². The maximum atomic E-state index is 12.8. The van der Waals surface area contributed by atoms with Gasteiger partial charge in [0, 0.05) is 16.7 Å². The first-order valence-corrected chi connectivity index (χ1v) is 28.4. The van der Waals surface area contributed by atoms with Crippen molar-refractivity contribution in [1.82, 2.24) is 0 Å². The molecule has 2 nitrogen and oxygen atoms in total. The highest BCUT2D eigenvalue weighted by Crippen LogP contribution is 2.45. The first kappa shape index (κ1) is 55.6. The molecule has 0 aliphatic carbocycles. The van der Waals surface area contributed by atoms with Crippen LogP contribution in [-0.2, 0) is 38.5 Å². The molecule has 1 aliphatic heterocycles. The first-order chi connectivity index (χ1) is 31.4. The highest BCUT2D eigenvalue weighted by atomic mass is 15.2. The molecule has 0 saturated carbocycles. The van der Waals surface area contributed by atoms with E-state index in [1.807, 2.05) is 0 Å². The van der Waals surface area contributed by atoms with Crippen LogP contribution in [0.3, 0.4) is 0 Å². The fourth-order valence-corrected chi connectivity index (χ4v) is 10.7. The van der Waals surface area contributed by atoms with Crippen molar-refractivity contribution in [3.05, 3.63) is 97.6 Å². The molecule has 1 heterocycles. The Morgan fingerprint density at radius 3 is 1.03 bits per heavy atom. The third-order valence-corrected chi connectivity index (χ3v) is 14.1. The van der Waals surface area contributed by atoms with Gasteiger partial charge in [-0.25, -0.2) is 4.70 Å². The Labute approximate surface area is 398 Å². The van der Waals surface area contributed by atoms with Crippen LogP contribution in [0.5, 0.6) is 0 Å². The average molecular weight is 876 g/mol. The molecule has 0 spiro atoms. The molecule has 360 valence electrons. The Morgan fingerprint density at radius 1 is 0.359 bits per heavy atom. The fourth-order valence-electron chi connectivity index (χ4n) is 10.7. The van der Waals surface area contributed by atoms with E-state index < -0.39 is 0 Å². The maximum absolute atomic E-state index is 12.8. The average Bonchev–Trinajstić information content (AvgIpc) is 3.56. The van der Waals surface area contributed by atoms with Gasteiger partial charge in [-0.2, -0.15) is 0 Å². The number of aryl methyl sites for hydroxylation is 4. The van der Waals surface area contributed by atoms with E-state index in [2.05, 4.69) is 91.8 Å². The maximum Gasteiger partial charge on any atom is 0.215 e. The molecule has 0 fully saturated rings. The molecular formula is C62H102N2. The van der Waals surface area contributed by atoms with E-state index in [9.17, 15) is 5.53 Å². The molecule has 0 radical (unpaired) electrons. The van der Waals surface area contributed by atoms with Crippen molar-refractivity contribution in [3.8, 4) is 0 Å². The molecule has 0 N–H and O–H groups in total. The first-order valence-electron chi connectivity index (χ1n) is 28.4. The minimum atomic E-state index is 0.978. The second kappa shape index (κ2) is 34.6. The number of nitrogens with zero attached hydrogens (tertiary/aromatic N) is 2. The van der Waals surface area contributed by atoms with Crippen LogP contribution in [0, 0.1) is 0 Å². The molecule has 2 aromatic carbocycles. The summed E-state index contributed by atoms with van der Waals surface area (Å²) in [6.45, 7) is 18.5. The monoisotopic (exact) mass is 875 g/mol. The number of benzene rings is 2. The molecule has 1 aliphatic rings. The summed E-state index contributed by atoms with van der Waals surface area (Å²) in [5.74, 6) is 0. The molecule has 2 heteroatoms. The Kier molecular flexibility index (Phi) is 30.0. The summed E-state index contributed by atoms with van der Waals surface area (Å²) in [4.78, 5) is 0. The number of hydrogen-bond acceptors (Lipinski definition) is 0. The highest BCUT2D eigenvalue weighted by Gasteiger charge is 2.35. The van der Waals surface area contributed by atoms with Gasteiger partial charge in [0.25, 0.3) is 0 Å². The number of unbranched alkanes of at least 4 members (excludes halogenated alkanes) is 21. The normalized spacial score (nSPS) is 13.2. The minimum absolute atomic E-state index is 0.978. The summed E-state index contributed by atoms with van der Waals surface area (Å²) < 4.78 is 1.66. The zero-order valence-corrected chi connectivity index (χ0v) is 43.8. The van der Waals surface area contributed by atoms with Gasteiger partial charge in [-0.15, -0.1) is 0 Å². The van der Waals surface area contributed by atoms with Gasteiger partial charge in [0.1, 0.15) is 0 Å². The van der Waals surface area contributed by atoms with Crippen LogP contribution in [0.15, 0.2) is 47.6 Å². The van der Waals surface area contributed by atoms with Crippen LogP contribution in [-0.4, -0.2) is 4.70 Å². The zero-order valence-electron chi connectivity index (χ0n) is 43.8. The van der Waals surface area contributed by atoms with Crippen molar-refractivity contribution >= 4 is 11.4 Å². The SMILES string of the molecule is CCCCCCCCCCCCCCCCCCCCCCC=CC1=C(c2cc(CCC)c(CCC)c(CCC)c2)[N+](=[N-])C(c2cc(CCC)c(CCC)c(CCC)c2)=C1CCCC. The van der Waals surface area contributed by atoms with Crippen molar-refractivity contribution in [2.75, 3.05) is 0 Å². The number of rotatable bonds is 39. The van der Waals surface area contributed by atoms with E-state index in [1.165, 1.54) is 173 Å². The van der Waals surface area contributed by atoms with E-state index in [-0.39, 0.29) is 0 Å². The molecule has 0 aromatic heterocycles. The lowest BCUT2D eigenvalue weighted by atomic mass is 9.87. The molecule has 0 saturated heterocycles. The van der Waals surface area contributed by atoms with Crippen LogP contribution in [0.2, 0.25) is 0 Å². The van der Waals surface area contributed by atoms with Crippen LogP contribution >= 0.6 is 0 Å². The molecule has 0 unspecified atom stereocenters. The number of allylic oxidation sites excluding steroid dienone is 4. The molecule has 0 atom stereocenters. The lowest BCUT2D eigenvalue weighted by molar-refractivity contribution is -0.345. The zero-order chi connectivity index (χ0) is 46.2. The highest BCUT2D eigenvalue weighted by molar-refractivity contribution is 5.85. The second-order valence-corrected chi connectivity index (χ2v) is 20.0. The summed E-state index contributed by atoms with van der Waals surface area (Å²) in [5, 5.41) is 0. The Balaban J connectivity index is 1.76. The van der Waals surface area contributed by atoms with E-state index >= 15 is 0 Å². The molecule has 2 aromatic rings. The summed E-state index contributed by atoms with van der Waals surface area (Å²) in [6, 6.07) is 9.87. The molecular weight excluding hydrogens is 773 g/mol. The van der Waals surface area contributed by atoms with E-state index in [0.29, 0.717) is 0 Å². The smallest absolute Gasteiger partial charge is 0.215 e. The van der Waals surface area contributed by atoms with E-state index in [1.54, 1.807) is 15.8 Å². The van der Waals surface area contributed by atoms with Gasteiger partial charge in [0.05, 0.1) is 5.57 Å². The Hall–Kier alpha value is -2.74. The van der Waals surface area contributed by atoms with E-state index in [0.717, 1.165) is 114 Å². The fraction of sp³-hybridized carbons (Fsp3) is 0.710. The third kappa shape index (κ3) is 18.9. The van der Waals surface area contributed by atoms with Crippen molar-refractivity contribution in [1.29, 1.82) is 0 Å². The summed E-state index contributed by atoms with van der Waals surface area (Å²) >= 11 is 0. The lowest BCUT2D eigenvalue weighted by Gasteiger charge is -2.19. The topological polar surface area (TPSA) is 25.3 Å². The standard InChI is InChI=1S/C62H102N2/c1-9-17-19-20-21-22-23-24-25-26-27-28-29-30-31-32-33-34-35-36-37-38-46-60-59(45-18-10-2)61(55-47-51(39-11-3)57(43-15-7)52(48-55)40-12-4)64(63)62(60)56-49-53(41-13-5)58(44-16-8)54(50-56)42-14-6/h38,46-50H,9-37,39-45H2,1-8H3. The Bertz CT molecular complexity index is 1630. The minimum Gasteiger partial charge on any atom is -0.493 e. The van der Waals surface area contributed by atoms with Gasteiger partial charge in [-0.1, -0.05) is 234 Å². The van der Waals surface area contributed by atoms with Crippen molar-refractivity contribution < 1.29 is 4.70 Å². The van der Waals surface area contributed by atoms with Crippen molar-refractivity contribution in [3.63, 3.8) is 0 Å². The second-order valence-electron chi connectivity index (χ2n) is 20.0. The predicted octanol–water partition coefficient (Wildman–Crippen LogP) is 20.5. The molecule has 3 rings (SSSR count).